The quantitative estimate of drug-likeness (QED) is 0.815. The molecule has 17 heavy (non-hydrogen) atoms. The Morgan fingerprint density at radius 2 is 2.06 bits per heavy atom. The fourth-order valence-corrected chi connectivity index (χ4v) is 1.87. The van der Waals surface area contributed by atoms with Crippen molar-refractivity contribution in [2.24, 2.45) is 0 Å². The van der Waals surface area contributed by atoms with E-state index in [2.05, 4.69) is 0 Å². The molecule has 1 aliphatic rings. The van der Waals surface area contributed by atoms with Gasteiger partial charge in [-0.05, 0) is 27.2 Å². The second-order valence-corrected chi connectivity index (χ2v) is 4.66. The van der Waals surface area contributed by atoms with E-state index in [1.807, 2.05) is 0 Å². The van der Waals surface area contributed by atoms with Gasteiger partial charge in [0.1, 0.15) is 12.2 Å². The molecule has 0 radical (unpaired) electrons. The molecule has 1 unspecified atom stereocenters. The Kier molecular flexibility index (Phi) is 4.43. The monoisotopic (exact) mass is 251 g/mol. The van der Waals surface area contributed by atoms with Gasteiger partial charge < -0.3 is 14.7 Å². The lowest BCUT2D eigenvalue weighted by Crippen LogP contribution is -2.56. The summed E-state index contributed by atoms with van der Waals surface area (Å²) in [4.78, 5) is 12.4. The van der Waals surface area contributed by atoms with E-state index in [1.165, 1.54) is 6.92 Å². The minimum absolute atomic E-state index is 0.0869. The molecule has 6 heteroatoms. The van der Waals surface area contributed by atoms with E-state index >= 15 is 0 Å². The van der Waals surface area contributed by atoms with Crippen LogP contribution in [-0.2, 0) is 9.53 Å². The summed E-state index contributed by atoms with van der Waals surface area (Å²) in [6.07, 6.45) is -2.58. The molecule has 0 aromatic carbocycles. The molecule has 1 amide bonds. The molecule has 1 heterocycles. The molecule has 0 aromatic heterocycles. The van der Waals surface area contributed by atoms with E-state index in [-0.39, 0.29) is 19.1 Å². The van der Waals surface area contributed by atoms with Crippen molar-refractivity contribution < 1.29 is 23.4 Å². The first-order valence-electron chi connectivity index (χ1n) is 5.74. The summed E-state index contributed by atoms with van der Waals surface area (Å²) < 4.78 is 32.5. The Morgan fingerprint density at radius 3 is 2.47 bits per heavy atom. The van der Waals surface area contributed by atoms with Gasteiger partial charge in [-0.15, -0.1) is 0 Å². The highest BCUT2D eigenvalue weighted by Gasteiger charge is 2.47. The lowest BCUT2D eigenvalue weighted by Gasteiger charge is -2.39. The number of likely N-dealkylation sites (tertiary alicyclic amines) is 1. The highest BCUT2D eigenvalue weighted by molar-refractivity contribution is 5.80. The lowest BCUT2D eigenvalue weighted by molar-refractivity contribution is -0.191. The number of halogens is 2. The average Bonchev–Trinajstić information content (AvgIpc) is 2.18. The van der Waals surface area contributed by atoms with Crippen LogP contribution in [-0.4, -0.2) is 53.2 Å². The Labute approximate surface area is 99.5 Å². The maximum Gasteiger partial charge on any atom is 0.290 e. The van der Waals surface area contributed by atoms with Crippen LogP contribution < -0.4 is 0 Å². The molecule has 1 aliphatic heterocycles. The lowest BCUT2D eigenvalue weighted by atomic mass is 10.0. The molecule has 0 saturated carbocycles. The largest absolute Gasteiger partial charge is 0.384 e. The van der Waals surface area contributed by atoms with Crippen molar-refractivity contribution in [3.8, 4) is 0 Å². The van der Waals surface area contributed by atoms with Gasteiger partial charge in [0.05, 0.1) is 12.6 Å². The number of alkyl halides is 2. The van der Waals surface area contributed by atoms with Gasteiger partial charge in [-0.3, -0.25) is 4.79 Å². The number of piperidine rings is 1. The minimum atomic E-state index is -3.06. The molecule has 2 atom stereocenters. The molecule has 0 aliphatic carbocycles. The first-order chi connectivity index (χ1) is 7.74. The third-order valence-electron chi connectivity index (χ3n) is 2.64. The normalized spacial score (nSPS) is 26.1. The number of amides is 1. The number of hydrogen-bond acceptors (Lipinski definition) is 3. The van der Waals surface area contributed by atoms with E-state index in [9.17, 15) is 13.6 Å². The second-order valence-electron chi connectivity index (χ2n) is 4.66. The first kappa shape index (κ1) is 14.3. The Morgan fingerprint density at radius 1 is 1.47 bits per heavy atom. The fraction of sp³-hybridized carbons (Fsp3) is 0.909. The molecule has 1 rings (SSSR count). The zero-order valence-corrected chi connectivity index (χ0v) is 10.3. The number of aliphatic hydroxyl groups excluding tert-OH is 1. The number of nitrogens with zero attached hydrogens (tertiary/aromatic N) is 1. The Balaban J connectivity index is 2.65. The van der Waals surface area contributed by atoms with Gasteiger partial charge in [0.15, 0.2) is 0 Å². The van der Waals surface area contributed by atoms with Gasteiger partial charge in [0.2, 0.25) is 0 Å². The van der Waals surface area contributed by atoms with Gasteiger partial charge in [-0.25, -0.2) is 8.78 Å². The van der Waals surface area contributed by atoms with Crippen LogP contribution in [0.15, 0.2) is 0 Å². The van der Waals surface area contributed by atoms with Crippen LogP contribution in [0.2, 0.25) is 0 Å². The van der Waals surface area contributed by atoms with E-state index in [0.29, 0.717) is 0 Å². The van der Waals surface area contributed by atoms with Crippen molar-refractivity contribution in [1.82, 2.24) is 4.90 Å². The van der Waals surface area contributed by atoms with Gasteiger partial charge in [0, 0.05) is 6.54 Å². The molecule has 1 N–H and O–H groups in total. The topological polar surface area (TPSA) is 49.8 Å². The number of hydrogen-bond donors (Lipinski definition) is 1. The van der Waals surface area contributed by atoms with E-state index in [0.717, 1.165) is 4.90 Å². The van der Waals surface area contributed by atoms with E-state index < -0.39 is 30.6 Å². The smallest absolute Gasteiger partial charge is 0.290 e. The summed E-state index contributed by atoms with van der Waals surface area (Å²) in [6, 6.07) is 0. The maximum absolute atomic E-state index is 13.7. The molecule has 100 valence electrons. The predicted molar refractivity (Wildman–Crippen MR) is 57.8 cm³/mol. The SMILES string of the molecule is CC(C)OC1CCN(C(=O)[C@@H](C)O)CC1(F)F. The van der Waals surface area contributed by atoms with E-state index in [4.69, 9.17) is 9.84 Å². The summed E-state index contributed by atoms with van der Waals surface area (Å²) >= 11 is 0. The number of aliphatic hydroxyl groups is 1. The molecule has 1 saturated heterocycles. The molecular weight excluding hydrogens is 232 g/mol. The van der Waals surface area contributed by atoms with Crippen molar-refractivity contribution in [2.45, 2.75) is 51.4 Å². The van der Waals surface area contributed by atoms with Crippen LogP contribution in [0.25, 0.3) is 0 Å². The number of rotatable bonds is 3. The van der Waals surface area contributed by atoms with Crippen LogP contribution in [0.1, 0.15) is 27.2 Å². The van der Waals surface area contributed by atoms with Crippen molar-refractivity contribution >= 4 is 5.91 Å². The Bertz CT molecular complexity index is 282. The summed E-state index contributed by atoms with van der Waals surface area (Å²) in [5.74, 6) is -3.72. The van der Waals surface area contributed by atoms with Crippen molar-refractivity contribution in [3.05, 3.63) is 0 Å². The zero-order valence-electron chi connectivity index (χ0n) is 10.3. The third-order valence-corrected chi connectivity index (χ3v) is 2.64. The van der Waals surface area contributed by atoms with Crippen LogP contribution in [0.3, 0.4) is 0 Å². The van der Waals surface area contributed by atoms with Crippen LogP contribution in [0, 0.1) is 0 Å². The Hall–Kier alpha value is -0.750. The molecule has 0 spiro atoms. The second kappa shape index (κ2) is 5.27. The molecule has 0 bridgehead atoms. The number of carbonyl (C=O) groups is 1. The zero-order chi connectivity index (χ0) is 13.2. The van der Waals surface area contributed by atoms with Crippen molar-refractivity contribution in [1.29, 1.82) is 0 Å². The van der Waals surface area contributed by atoms with Gasteiger partial charge in [-0.1, -0.05) is 0 Å². The standard InChI is InChI=1S/C11H19F2NO3/c1-7(2)17-9-4-5-14(6-11(9,12)13)10(16)8(3)15/h7-9,15H,4-6H2,1-3H3/t8-,9?/m1/s1. The van der Waals surface area contributed by atoms with Crippen molar-refractivity contribution in [3.63, 3.8) is 0 Å². The molecule has 4 nitrogen and oxygen atoms in total. The third kappa shape index (κ3) is 3.61. The molecule has 1 fully saturated rings. The number of ether oxygens (including phenoxy) is 1. The van der Waals surface area contributed by atoms with Gasteiger partial charge in [0.25, 0.3) is 11.8 Å². The summed E-state index contributed by atoms with van der Waals surface area (Å²) in [5, 5.41) is 9.09. The summed E-state index contributed by atoms with van der Waals surface area (Å²) in [6.45, 7) is 4.18. The van der Waals surface area contributed by atoms with Crippen LogP contribution >= 0.6 is 0 Å². The minimum Gasteiger partial charge on any atom is -0.384 e. The molecule has 0 aromatic rings. The molecular formula is C11H19F2NO3. The summed E-state index contributed by atoms with van der Waals surface area (Å²) in [5.41, 5.74) is 0. The summed E-state index contributed by atoms with van der Waals surface area (Å²) in [7, 11) is 0. The highest BCUT2D eigenvalue weighted by atomic mass is 19.3. The van der Waals surface area contributed by atoms with E-state index in [1.54, 1.807) is 13.8 Å². The highest BCUT2D eigenvalue weighted by Crippen LogP contribution is 2.30. The predicted octanol–water partition coefficient (Wildman–Crippen LogP) is 1.03. The average molecular weight is 251 g/mol. The first-order valence-corrected chi connectivity index (χ1v) is 5.74. The maximum atomic E-state index is 13.7. The van der Waals surface area contributed by atoms with Gasteiger partial charge in [-0.2, -0.15) is 0 Å². The number of carbonyl (C=O) groups excluding carboxylic acids is 1. The van der Waals surface area contributed by atoms with Crippen LogP contribution in [0.5, 0.6) is 0 Å². The fourth-order valence-electron chi connectivity index (χ4n) is 1.87. The van der Waals surface area contributed by atoms with Crippen molar-refractivity contribution in [2.75, 3.05) is 13.1 Å². The van der Waals surface area contributed by atoms with Crippen LogP contribution in [0.4, 0.5) is 8.78 Å². The van der Waals surface area contributed by atoms with Gasteiger partial charge >= 0.3 is 0 Å².